The van der Waals surface area contributed by atoms with Crippen LogP contribution in [0.1, 0.15) is 58.1 Å². The van der Waals surface area contributed by atoms with Crippen LogP contribution in [0.15, 0.2) is 0 Å². The van der Waals surface area contributed by atoms with Crippen LogP contribution in [-0.4, -0.2) is 22.9 Å². The largest absolute Gasteiger partial charge is 0.394 e. The average molecular weight is 278 g/mol. The van der Waals surface area contributed by atoms with Crippen LogP contribution in [0.4, 0.5) is 11.5 Å². The average Bonchev–Trinajstić information content (AvgIpc) is 2.73. The summed E-state index contributed by atoms with van der Waals surface area (Å²) in [6.45, 7) is 4.48. The molecule has 2 N–H and O–H groups in total. The zero-order chi connectivity index (χ0) is 14.7. The van der Waals surface area contributed by atoms with Gasteiger partial charge >= 0.3 is 0 Å². The Morgan fingerprint density at radius 3 is 2.45 bits per heavy atom. The third-order valence-corrected chi connectivity index (χ3v) is 4.89. The molecule has 1 fully saturated rings. The van der Waals surface area contributed by atoms with E-state index in [-0.39, 0.29) is 0 Å². The Hall–Kier alpha value is -1.19. The van der Waals surface area contributed by atoms with Crippen LogP contribution in [0.5, 0.6) is 0 Å². The van der Waals surface area contributed by atoms with Crippen molar-refractivity contribution in [1.82, 2.24) is 9.78 Å². The molecule has 1 aliphatic rings. The van der Waals surface area contributed by atoms with Gasteiger partial charge in [-0.3, -0.25) is 4.68 Å². The Bertz CT molecular complexity index is 430. The Morgan fingerprint density at radius 1 is 1.25 bits per heavy atom. The first-order valence-electron chi connectivity index (χ1n) is 8.12. The molecule has 1 saturated carbocycles. The maximum Gasteiger partial charge on any atom is 0.150 e. The number of nitrogens with zero attached hydrogens (tertiary/aromatic N) is 3. The highest BCUT2D eigenvalue weighted by Gasteiger charge is 2.26. The predicted octanol–water partition coefficient (Wildman–Crippen LogP) is 3.36. The Kier molecular flexibility index (Phi) is 4.95. The van der Waals surface area contributed by atoms with Gasteiger partial charge in [-0.1, -0.05) is 26.7 Å². The fourth-order valence-electron chi connectivity index (χ4n) is 3.54. The second kappa shape index (κ2) is 6.51. The van der Waals surface area contributed by atoms with Crippen LogP contribution in [-0.2, 0) is 13.5 Å². The summed E-state index contributed by atoms with van der Waals surface area (Å²) in [6, 6.07) is 0.616. The quantitative estimate of drug-likeness (QED) is 0.898. The maximum absolute atomic E-state index is 6.33. The Labute approximate surface area is 123 Å². The normalized spacial score (nSPS) is 23.0. The SMILES string of the molecule is CCCc1nn(C)c(N(C)C2CCC(CC)CC2)c1N. The summed E-state index contributed by atoms with van der Waals surface area (Å²) in [5.41, 5.74) is 8.26. The molecule has 0 saturated heterocycles. The fourth-order valence-corrected chi connectivity index (χ4v) is 3.54. The van der Waals surface area contributed by atoms with Crippen LogP contribution < -0.4 is 10.6 Å². The lowest BCUT2D eigenvalue weighted by molar-refractivity contribution is 0.312. The monoisotopic (exact) mass is 278 g/mol. The van der Waals surface area contributed by atoms with Gasteiger partial charge in [0.1, 0.15) is 5.82 Å². The summed E-state index contributed by atoms with van der Waals surface area (Å²) in [6.07, 6.45) is 8.65. The highest BCUT2D eigenvalue weighted by Crippen LogP contribution is 2.34. The van der Waals surface area contributed by atoms with Crippen molar-refractivity contribution in [1.29, 1.82) is 0 Å². The molecule has 0 bridgehead atoms. The molecule has 1 aromatic heterocycles. The van der Waals surface area contributed by atoms with Crippen LogP contribution in [0, 0.1) is 5.92 Å². The molecule has 1 aromatic rings. The van der Waals surface area contributed by atoms with E-state index >= 15 is 0 Å². The standard InChI is InChI=1S/C16H30N4/c1-5-7-14-15(17)16(20(4)18-14)19(3)13-10-8-12(6-2)9-11-13/h12-13H,5-11,17H2,1-4H3. The summed E-state index contributed by atoms with van der Waals surface area (Å²) in [5, 5.41) is 4.60. The third kappa shape index (κ3) is 2.94. The molecule has 114 valence electrons. The second-order valence-electron chi connectivity index (χ2n) is 6.25. The maximum atomic E-state index is 6.33. The minimum atomic E-state index is 0.616. The fraction of sp³-hybridized carbons (Fsp3) is 0.812. The van der Waals surface area contributed by atoms with E-state index in [1.54, 1.807) is 0 Å². The number of nitrogen functional groups attached to an aromatic ring is 1. The molecule has 0 radical (unpaired) electrons. The van der Waals surface area contributed by atoms with E-state index in [0.717, 1.165) is 36.0 Å². The molecule has 0 aliphatic heterocycles. The number of rotatable bonds is 5. The lowest BCUT2D eigenvalue weighted by Crippen LogP contribution is -2.36. The van der Waals surface area contributed by atoms with Gasteiger partial charge < -0.3 is 10.6 Å². The van der Waals surface area contributed by atoms with Gasteiger partial charge in [0, 0.05) is 20.1 Å². The number of aromatic nitrogens is 2. The number of anilines is 2. The molecule has 1 heterocycles. The lowest BCUT2D eigenvalue weighted by atomic mass is 9.84. The van der Waals surface area contributed by atoms with Gasteiger partial charge in [-0.15, -0.1) is 0 Å². The minimum absolute atomic E-state index is 0.616. The van der Waals surface area contributed by atoms with E-state index in [4.69, 9.17) is 5.73 Å². The Balaban J connectivity index is 2.11. The highest BCUT2D eigenvalue weighted by atomic mass is 15.4. The number of hydrogen-bond donors (Lipinski definition) is 1. The molecule has 20 heavy (non-hydrogen) atoms. The van der Waals surface area contributed by atoms with E-state index < -0.39 is 0 Å². The van der Waals surface area contributed by atoms with Crippen LogP contribution in [0.2, 0.25) is 0 Å². The van der Waals surface area contributed by atoms with Crippen molar-refractivity contribution in [2.24, 2.45) is 13.0 Å². The minimum Gasteiger partial charge on any atom is -0.394 e. The van der Waals surface area contributed by atoms with E-state index in [1.165, 1.54) is 32.1 Å². The van der Waals surface area contributed by atoms with Gasteiger partial charge in [0.2, 0.25) is 0 Å². The molecule has 0 amide bonds. The summed E-state index contributed by atoms with van der Waals surface area (Å²) in [5.74, 6) is 2.03. The van der Waals surface area contributed by atoms with E-state index in [9.17, 15) is 0 Å². The van der Waals surface area contributed by atoms with Crippen molar-refractivity contribution in [3.05, 3.63) is 5.69 Å². The van der Waals surface area contributed by atoms with Crippen LogP contribution in [0.25, 0.3) is 0 Å². The molecule has 0 aromatic carbocycles. The zero-order valence-corrected chi connectivity index (χ0v) is 13.5. The predicted molar refractivity (Wildman–Crippen MR) is 86.1 cm³/mol. The summed E-state index contributed by atoms with van der Waals surface area (Å²) in [4.78, 5) is 2.37. The van der Waals surface area contributed by atoms with E-state index in [1.807, 2.05) is 11.7 Å². The van der Waals surface area contributed by atoms with Crippen LogP contribution in [0.3, 0.4) is 0 Å². The zero-order valence-electron chi connectivity index (χ0n) is 13.5. The van der Waals surface area contributed by atoms with Crippen LogP contribution >= 0.6 is 0 Å². The second-order valence-corrected chi connectivity index (χ2v) is 6.25. The van der Waals surface area contributed by atoms with Gasteiger partial charge in [0.25, 0.3) is 0 Å². The highest BCUT2D eigenvalue weighted by molar-refractivity contribution is 5.66. The molecule has 4 heteroatoms. The molecule has 1 aliphatic carbocycles. The van der Waals surface area contributed by atoms with Crippen molar-refractivity contribution < 1.29 is 0 Å². The molecular formula is C16H30N4. The third-order valence-electron chi connectivity index (χ3n) is 4.89. The summed E-state index contributed by atoms with van der Waals surface area (Å²) >= 11 is 0. The first-order valence-corrected chi connectivity index (χ1v) is 8.12. The Morgan fingerprint density at radius 2 is 1.90 bits per heavy atom. The lowest BCUT2D eigenvalue weighted by Gasteiger charge is -2.35. The summed E-state index contributed by atoms with van der Waals surface area (Å²) < 4.78 is 1.96. The number of aryl methyl sites for hydroxylation is 2. The van der Waals surface area contributed by atoms with Crippen molar-refractivity contribution in [3.63, 3.8) is 0 Å². The van der Waals surface area contributed by atoms with Gasteiger partial charge in [-0.2, -0.15) is 5.10 Å². The van der Waals surface area contributed by atoms with Crippen molar-refractivity contribution in [2.45, 2.75) is 64.8 Å². The molecule has 0 atom stereocenters. The van der Waals surface area contributed by atoms with Crippen molar-refractivity contribution in [3.8, 4) is 0 Å². The topological polar surface area (TPSA) is 47.1 Å². The molecule has 0 unspecified atom stereocenters. The molecule has 2 rings (SSSR count). The first kappa shape index (κ1) is 15.2. The molecule has 0 spiro atoms. The van der Waals surface area contributed by atoms with Crippen molar-refractivity contribution >= 4 is 11.5 Å². The first-order chi connectivity index (χ1) is 9.58. The van der Waals surface area contributed by atoms with Gasteiger partial charge in [0.15, 0.2) is 0 Å². The van der Waals surface area contributed by atoms with E-state index in [0.29, 0.717) is 6.04 Å². The van der Waals surface area contributed by atoms with Gasteiger partial charge in [0.05, 0.1) is 11.4 Å². The molecule has 4 nitrogen and oxygen atoms in total. The van der Waals surface area contributed by atoms with Crippen molar-refractivity contribution in [2.75, 3.05) is 17.7 Å². The molecular weight excluding hydrogens is 248 g/mol. The summed E-state index contributed by atoms with van der Waals surface area (Å²) in [7, 11) is 4.19. The number of hydrogen-bond acceptors (Lipinski definition) is 3. The van der Waals surface area contributed by atoms with E-state index in [2.05, 4.69) is 30.9 Å². The van der Waals surface area contributed by atoms with Gasteiger partial charge in [-0.25, -0.2) is 0 Å². The van der Waals surface area contributed by atoms with Gasteiger partial charge in [-0.05, 0) is 38.0 Å². The smallest absolute Gasteiger partial charge is 0.150 e. The number of nitrogens with two attached hydrogens (primary N) is 1.